The highest BCUT2D eigenvalue weighted by atomic mass is 15.4. The van der Waals surface area contributed by atoms with E-state index >= 15 is 0 Å². The van der Waals surface area contributed by atoms with Gasteiger partial charge in [-0.05, 0) is 63.6 Å². The zero-order chi connectivity index (χ0) is 22.4. The minimum Gasteiger partial charge on any atom is -0.342 e. The molecule has 5 heteroatoms. The largest absolute Gasteiger partial charge is 0.342 e. The molecule has 1 aliphatic carbocycles. The lowest BCUT2D eigenvalue weighted by Crippen LogP contribution is -2.50. The number of rotatable bonds is 3. The molecule has 0 bridgehead atoms. The van der Waals surface area contributed by atoms with Gasteiger partial charge in [0.1, 0.15) is 0 Å². The van der Waals surface area contributed by atoms with Crippen molar-refractivity contribution in [1.29, 1.82) is 0 Å². The third kappa shape index (κ3) is 4.10. The molecule has 4 aliphatic rings. The lowest BCUT2D eigenvalue weighted by molar-refractivity contribution is 0.0443. The summed E-state index contributed by atoms with van der Waals surface area (Å²) >= 11 is 0. The van der Waals surface area contributed by atoms with E-state index in [1.165, 1.54) is 114 Å². The van der Waals surface area contributed by atoms with Gasteiger partial charge in [-0.25, -0.2) is 4.98 Å². The van der Waals surface area contributed by atoms with Crippen molar-refractivity contribution < 1.29 is 0 Å². The Hall–Kier alpha value is -1.59. The van der Waals surface area contributed by atoms with Gasteiger partial charge in [0.05, 0.1) is 11.0 Å². The summed E-state index contributed by atoms with van der Waals surface area (Å²) in [6.45, 7) is 9.89. The lowest BCUT2D eigenvalue weighted by atomic mass is 9.82. The van der Waals surface area contributed by atoms with Gasteiger partial charge in [-0.15, -0.1) is 0 Å². The smallest absolute Gasteiger partial charge is 0.206 e. The summed E-state index contributed by atoms with van der Waals surface area (Å²) in [5.41, 5.74) is 2.94. The number of fused-ring (bicyclic) bond motifs is 2. The molecule has 2 unspecified atom stereocenters. The van der Waals surface area contributed by atoms with Crippen LogP contribution in [0.4, 0.5) is 5.95 Å². The molecule has 3 aliphatic heterocycles. The molecule has 1 saturated carbocycles. The molecule has 4 fully saturated rings. The first-order valence-electron chi connectivity index (χ1n) is 13.8. The van der Waals surface area contributed by atoms with E-state index < -0.39 is 0 Å². The predicted molar refractivity (Wildman–Crippen MR) is 137 cm³/mol. The molecule has 0 N–H and O–H groups in total. The van der Waals surface area contributed by atoms with Crippen LogP contribution in [-0.4, -0.2) is 71.2 Å². The molecule has 5 nitrogen and oxygen atoms in total. The number of benzene rings is 1. The maximum atomic E-state index is 5.22. The van der Waals surface area contributed by atoms with Crippen molar-refractivity contribution in [3.8, 4) is 0 Å². The molecule has 3 saturated heterocycles. The number of para-hydroxylation sites is 2. The number of nitrogens with zero attached hydrogens (tertiary/aromatic N) is 5. The van der Waals surface area contributed by atoms with Crippen molar-refractivity contribution in [3.05, 3.63) is 24.3 Å². The van der Waals surface area contributed by atoms with E-state index in [0.29, 0.717) is 11.6 Å². The normalized spacial score (nSPS) is 29.9. The number of likely N-dealkylation sites (tertiary alicyclic amines) is 2. The molecule has 4 heterocycles. The monoisotopic (exact) mass is 449 g/mol. The number of imidazole rings is 1. The fourth-order valence-electron chi connectivity index (χ4n) is 7.65. The number of anilines is 1. The summed E-state index contributed by atoms with van der Waals surface area (Å²) in [6.07, 6.45) is 12.4. The van der Waals surface area contributed by atoms with Crippen LogP contribution in [0.5, 0.6) is 0 Å². The lowest BCUT2D eigenvalue weighted by Gasteiger charge is -2.46. The SMILES string of the molecule is CN1CC2CN(c3nc4ccccc4n3C3CCN(C4(C)CCCCCCC4)CC3)CC2C1. The van der Waals surface area contributed by atoms with Crippen LogP contribution in [0.3, 0.4) is 0 Å². The summed E-state index contributed by atoms with van der Waals surface area (Å²) in [5.74, 6) is 2.87. The van der Waals surface area contributed by atoms with E-state index in [2.05, 4.69) is 57.5 Å². The second kappa shape index (κ2) is 8.88. The Kier molecular flexibility index (Phi) is 5.90. The van der Waals surface area contributed by atoms with Gasteiger partial charge in [0, 0.05) is 50.8 Å². The molecule has 1 aromatic heterocycles. The van der Waals surface area contributed by atoms with E-state index in [1.807, 2.05) is 0 Å². The molecule has 0 amide bonds. The topological polar surface area (TPSA) is 27.5 Å². The third-order valence-electron chi connectivity index (χ3n) is 9.55. The van der Waals surface area contributed by atoms with Crippen LogP contribution in [0, 0.1) is 11.8 Å². The van der Waals surface area contributed by atoms with Gasteiger partial charge in [-0.2, -0.15) is 0 Å². The summed E-state index contributed by atoms with van der Waals surface area (Å²) in [7, 11) is 2.28. The van der Waals surface area contributed by atoms with Crippen molar-refractivity contribution in [2.24, 2.45) is 11.8 Å². The second-order valence-electron chi connectivity index (χ2n) is 11.9. The maximum Gasteiger partial charge on any atom is 0.206 e. The van der Waals surface area contributed by atoms with Crippen LogP contribution in [-0.2, 0) is 0 Å². The van der Waals surface area contributed by atoms with Crippen LogP contribution in [0.1, 0.15) is 70.8 Å². The van der Waals surface area contributed by atoms with Crippen LogP contribution >= 0.6 is 0 Å². The Bertz CT molecular complexity index is 936. The molecular formula is C28H43N5. The molecule has 2 atom stereocenters. The number of hydrogen-bond donors (Lipinski definition) is 0. The number of aromatic nitrogens is 2. The molecule has 6 rings (SSSR count). The molecule has 33 heavy (non-hydrogen) atoms. The van der Waals surface area contributed by atoms with Gasteiger partial charge in [0.2, 0.25) is 5.95 Å². The Labute approximate surface area is 200 Å². The average molecular weight is 450 g/mol. The van der Waals surface area contributed by atoms with Crippen LogP contribution < -0.4 is 4.90 Å². The van der Waals surface area contributed by atoms with Crippen LogP contribution in [0.15, 0.2) is 24.3 Å². The van der Waals surface area contributed by atoms with E-state index in [0.717, 1.165) is 11.8 Å². The van der Waals surface area contributed by atoms with Crippen LogP contribution in [0.25, 0.3) is 11.0 Å². The van der Waals surface area contributed by atoms with E-state index in [9.17, 15) is 0 Å². The average Bonchev–Trinajstić information content (AvgIpc) is 3.47. The van der Waals surface area contributed by atoms with Gasteiger partial charge in [-0.3, -0.25) is 4.90 Å². The Morgan fingerprint density at radius 1 is 0.848 bits per heavy atom. The third-order valence-corrected chi connectivity index (χ3v) is 9.55. The molecule has 0 spiro atoms. The van der Waals surface area contributed by atoms with E-state index in [4.69, 9.17) is 4.98 Å². The molecule has 0 radical (unpaired) electrons. The Morgan fingerprint density at radius 2 is 1.48 bits per heavy atom. The zero-order valence-corrected chi connectivity index (χ0v) is 20.9. The van der Waals surface area contributed by atoms with E-state index in [-0.39, 0.29) is 0 Å². The zero-order valence-electron chi connectivity index (χ0n) is 20.9. The first kappa shape index (κ1) is 21.9. The van der Waals surface area contributed by atoms with Gasteiger partial charge in [0.25, 0.3) is 0 Å². The number of hydrogen-bond acceptors (Lipinski definition) is 4. The van der Waals surface area contributed by atoms with Crippen LogP contribution in [0.2, 0.25) is 0 Å². The molecule has 180 valence electrons. The van der Waals surface area contributed by atoms with Gasteiger partial charge in [0.15, 0.2) is 0 Å². The molecular weight excluding hydrogens is 406 g/mol. The molecule has 2 aromatic rings. The predicted octanol–water partition coefficient (Wildman–Crippen LogP) is 5.17. The van der Waals surface area contributed by atoms with Gasteiger partial charge in [-0.1, -0.05) is 44.2 Å². The Balaban J connectivity index is 1.23. The quantitative estimate of drug-likeness (QED) is 0.646. The van der Waals surface area contributed by atoms with Crippen molar-refractivity contribution in [3.63, 3.8) is 0 Å². The van der Waals surface area contributed by atoms with Crippen molar-refractivity contribution >= 4 is 17.0 Å². The number of piperidine rings is 1. The highest BCUT2D eigenvalue weighted by Crippen LogP contribution is 2.40. The highest BCUT2D eigenvalue weighted by molar-refractivity contribution is 5.79. The highest BCUT2D eigenvalue weighted by Gasteiger charge is 2.41. The van der Waals surface area contributed by atoms with Crippen molar-refractivity contribution in [1.82, 2.24) is 19.4 Å². The summed E-state index contributed by atoms with van der Waals surface area (Å²) in [5, 5.41) is 0. The van der Waals surface area contributed by atoms with Gasteiger partial charge < -0.3 is 14.4 Å². The maximum absolute atomic E-state index is 5.22. The minimum atomic E-state index is 0.420. The minimum absolute atomic E-state index is 0.420. The fourth-order valence-corrected chi connectivity index (χ4v) is 7.65. The summed E-state index contributed by atoms with van der Waals surface area (Å²) < 4.78 is 2.65. The van der Waals surface area contributed by atoms with Crippen molar-refractivity contribution in [2.75, 3.05) is 51.2 Å². The fraction of sp³-hybridized carbons (Fsp3) is 0.750. The summed E-state index contributed by atoms with van der Waals surface area (Å²) in [6, 6.07) is 9.44. The van der Waals surface area contributed by atoms with E-state index in [1.54, 1.807) is 0 Å². The molecule has 1 aromatic carbocycles. The first-order valence-corrected chi connectivity index (χ1v) is 13.8. The van der Waals surface area contributed by atoms with Crippen molar-refractivity contribution in [2.45, 2.75) is 76.3 Å². The Morgan fingerprint density at radius 3 is 2.18 bits per heavy atom. The second-order valence-corrected chi connectivity index (χ2v) is 11.9. The summed E-state index contributed by atoms with van der Waals surface area (Å²) in [4.78, 5) is 13.2. The van der Waals surface area contributed by atoms with Gasteiger partial charge >= 0.3 is 0 Å². The standard InChI is InChI=1S/C28H43N5/c1-28(14-8-4-3-5-9-15-28)32-16-12-24(13-17-32)33-26-11-7-6-10-25(26)29-27(33)31-20-22-18-30(2)19-23(22)21-31/h6-7,10-11,22-24H,3-5,8-9,12-21H2,1-2H3. The first-order chi connectivity index (χ1) is 16.1.